The number of carbonyl (C=O) groups excluding carboxylic acids is 4. The maximum absolute atomic E-state index is 15.0. The van der Waals surface area contributed by atoms with Crippen LogP contribution in [0.1, 0.15) is 78.2 Å². The first-order chi connectivity index (χ1) is 27.0. The van der Waals surface area contributed by atoms with E-state index in [-0.39, 0.29) is 30.4 Å². The first-order valence-electron chi connectivity index (χ1n) is 19.6. The van der Waals surface area contributed by atoms with E-state index in [0.717, 1.165) is 5.39 Å². The van der Waals surface area contributed by atoms with Crippen LogP contribution in [0.4, 0.5) is 0 Å². The van der Waals surface area contributed by atoms with Crippen molar-refractivity contribution < 1.29 is 34.1 Å². The number of nitrogens with two attached hydrogens (primary N) is 3. The van der Waals surface area contributed by atoms with Gasteiger partial charge in [0.25, 0.3) is 5.91 Å². The zero-order valence-electron chi connectivity index (χ0n) is 33.7. The summed E-state index contributed by atoms with van der Waals surface area (Å²) in [6, 6.07) is 12.0. The number of nitrogens with zero attached hydrogens (tertiary/aromatic N) is 2. The molecule has 2 heterocycles. The van der Waals surface area contributed by atoms with Gasteiger partial charge in [-0.15, -0.1) is 0 Å². The third-order valence-electron chi connectivity index (χ3n) is 10.6. The topological polar surface area (TPSA) is 250 Å². The molecular weight excluding hydrogens is 727 g/mol. The molecule has 1 amide bonds. The Labute approximate surface area is 334 Å². The van der Waals surface area contributed by atoms with Crippen molar-refractivity contribution in [2.45, 2.75) is 103 Å². The Hall–Kier alpha value is -4.86. The van der Waals surface area contributed by atoms with Crippen LogP contribution in [0.15, 0.2) is 79.4 Å². The van der Waals surface area contributed by atoms with Crippen molar-refractivity contribution >= 4 is 34.0 Å². The molecule has 57 heavy (non-hydrogen) atoms. The van der Waals surface area contributed by atoms with Crippen LogP contribution in [0.3, 0.4) is 0 Å². The summed E-state index contributed by atoms with van der Waals surface area (Å²) in [5.41, 5.74) is 13.9. The van der Waals surface area contributed by atoms with Gasteiger partial charge in [0, 0.05) is 35.9 Å². The Kier molecular flexibility index (Phi) is 15.4. The van der Waals surface area contributed by atoms with Gasteiger partial charge in [0.15, 0.2) is 28.6 Å². The summed E-state index contributed by atoms with van der Waals surface area (Å²) in [5, 5.41) is 30.5. The lowest BCUT2D eigenvalue weighted by Crippen LogP contribution is -2.76. The van der Waals surface area contributed by atoms with Gasteiger partial charge in [-0.3, -0.25) is 24.2 Å². The molecule has 308 valence electrons. The van der Waals surface area contributed by atoms with E-state index in [2.05, 4.69) is 20.3 Å². The number of aliphatic hydroxyl groups is 2. The predicted octanol–water partition coefficient (Wildman–Crippen LogP) is 3.34. The number of amides is 1. The van der Waals surface area contributed by atoms with Crippen LogP contribution in [0.2, 0.25) is 0 Å². The van der Waals surface area contributed by atoms with Crippen molar-refractivity contribution in [2.24, 2.45) is 40.9 Å². The minimum atomic E-state index is -3.27. The number of ether oxygens (including phenoxy) is 1. The van der Waals surface area contributed by atoms with Gasteiger partial charge in [0.2, 0.25) is 0 Å². The summed E-state index contributed by atoms with van der Waals surface area (Å²) in [7, 11) is 0. The fourth-order valence-corrected chi connectivity index (χ4v) is 7.47. The second kappa shape index (κ2) is 19.5. The van der Waals surface area contributed by atoms with Crippen LogP contribution in [0.5, 0.6) is 5.75 Å². The van der Waals surface area contributed by atoms with Crippen molar-refractivity contribution in [2.75, 3.05) is 6.61 Å². The quantitative estimate of drug-likeness (QED) is 0.0606. The molecule has 4 rings (SSSR count). The monoisotopic (exact) mass is 785 g/mol. The molecule has 0 bridgehead atoms. The molecule has 0 saturated carbocycles. The number of rotatable bonds is 22. The fourth-order valence-electron chi connectivity index (χ4n) is 7.47. The molecule has 0 spiro atoms. The highest BCUT2D eigenvalue weighted by Gasteiger charge is 2.67. The number of carbonyl (C=O) groups is 4. The van der Waals surface area contributed by atoms with E-state index in [1.54, 1.807) is 45.0 Å². The zero-order valence-corrected chi connectivity index (χ0v) is 33.7. The molecule has 8 atom stereocenters. The first kappa shape index (κ1) is 44.8. The van der Waals surface area contributed by atoms with Crippen LogP contribution in [-0.2, 0) is 25.6 Å². The van der Waals surface area contributed by atoms with E-state index in [1.807, 2.05) is 51.1 Å². The number of hydrogen-bond donors (Lipinski definition) is 7. The van der Waals surface area contributed by atoms with Gasteiger partial charge in [-0.25, -0.2) is 4.98 Å². The summed E-state index contributed by atoms with van der Waals surface area (Å²) in [5.74, 6) is -6.60. The predicted molar refractivity (Wildman–Crippen MR) is 218 cm³/mol. The number of aromatic amines is 1. The summed E-state index contributed by atoms with van der Waals surface area (Å²) in [4.78, 5) is 70.0. The average molecular weight is 786 g/mol. The number of hydrogen-bond acceptors (Lipinski definition) is 12. The Morgan fingerprint density at radius 3 is 2.21 bits per heavy atom. The minimum absolute atomic E-state index is 0.0915. The summed E-state index contributed by atoms with van der Waals surface area (Å²) in [6.45, 7) is 10.00. The van der Waals surface area contributed by atoms with Crippen molar-refractivity contribution in [1.82, 2.24) is 20.3 Å². The second-order valence-electron chi connectivity index (χ2n) is 16.0. The van der Waals surface area contributed by atoms with Gasteiger partial charge in [-0.2, -0.15) is 0 Å². The maximum Gasteiger partial charge on any atom is 0.256 e. The fraction of sp³-hybridized carbons (Fsp3) is 0.488. The number of pyridine rings is 1. The highest BCUT2D eigenvalue weighted by atomic mass is 16.5. The molecule has 0 aliphatic rings. The third-order valence-corrected chi connectivity index (χ3v) is 10.6. The van der Waals surface area contributed by atoms with Crippen LogP contribution >= 0.6 is 0 Å². The number of nitrogens with one attached hydrogen (secondary N) is 2. The molecule has 0 fully saturated rings. The Bertz CT molecular complexity index is 1950. The van der Waals surface area contributed by atoms with E-state index in [1.165, 1.54) is 24.8 Å². The number of H-pyrrole nitrogens is 1. The lowest BCUT2D eigenvalue weighted by Gasteiger charge is -2.48. The number of ketones is 3. The normalized spacial score (nSPS) is 17.1. The largest absolute Gasteiger partial charge is 0.485 e. The van der Waals surface area contributed by atoms with Crippen LogP contribution in [0, 0.1) is 23.7 Å². The smallest absolute Gasteiger partial charge is 0.256 e. The highest BCUT2D eigenvalue weighted by Crippen LogP contribution is 2.41. The minimum Gasteiger partial charge on any atom is -0.485 e. The van der Waals surface area contributed by atoms with E-state index in [9.17, 15) is 19.8 Å². The molecule has 0 radical (unpaired) electrons. The van der Waals surface area contributed by atoms with E-state index < -0.39 is 83.5 Å². The lowest BCUT2D eigenvalue weighted by atomic mass is 9.62. The van der Waals surface area contributed by atoms with Crippen molar-refractivity contribution in [3.05, 3.63) is 90.8 Å². The van der Waals surface area contributed by atoms with Gasteiger partial charge in [-0.1, -0.05) is 90.4 Å². The summed E-state index contributed by atoms with van der Waals surface area (Å²) >= 11 is 0. The number of fused-ring (bicyclic) bond motifs is 1. The molecule has 0 saturated heterocycles. The molecule has 2 aromatic heterocycles. The molecular formula is C43H59N7O7. The summed E-state index contributed by atoms with van der Waals surface area (Å²) in [6.07, 6.45) is 4.14. The number of imidazole rings is 1. The molecule has 0 aliphatic carbocycles. The van der Waals surface area contributed by atoms with Gasteiger partial charge in [-0.05, 0) is 54.2 Å². The van der Waals surface area contributed by atoms with Gasteiger partial charge in [0.05, 0.1) is 30.0 Å². The van der Waals surface area contributed by atoms with E-state index >= 15 is 9.59 Å². The average Bonchev–Trinajstić information content (AvgIpc) is 3.70. The summed E-state index contributed by atoms with van der Waals surface area (Å²) < 4.78 is 6.08. The number of Topliss-reactive ketones (excluding diaryl/α,β-unsaturated/α-hetero) is 3. The molecule has 0 aliphatic heterocycles. The second-order valence-corrected chi connectivity index (χ2v) is 16.0. The van der Waals surface area contributed by atoms with Gasteiger partial charge < -0.3 is 42.5 Å². The molecule has 14 nitrogen and oxygen atoms in total. The molecule has 14 heteroatoms. The molecule has 4 aromatic rings. The Balaban J connectivity index is 1.92. The van der Waals surface area contributed by atoms with Crippen molar-refractivity contribution in [1.29, 1.82) is 0 Å². The van der Waals surface area contributed by atoms with Crippen LogP contribution < -0.4 is 27.3 Å². The van der Waals surface area contributed by atoms with Crippen molar-refractivity contribution in [3.8, 4) is 5.75 Å². The van der Waals surface area contributed by atoms with Gasteiger partial charge >= 0.3 is 0 Å². The number of aromatic nitrogens is 3. The van der Waals surface area contributed by atoms with E-state index in [4.69, 9.17) is 21.9 Å². The van der Waals surface area contributed by atoms with Crippen molar-refractivity contribution in [3.63, 3.8) is 0 Å². The zero-order chi connectivity index (χ0) is 42.1. The third kappa shape index (κ3) is 10.2. The van der Waals surface area contributed by atoms with Gasteiger partial charge in [0.1, 0.15) is 18.4 Å². The van der Waals surface area contributed by atoms with Crippen LogP contribution in [0.25, 0.3) is 10.8 Å². The number of benzene rings is 2. The Morgan fingerprint density at radius 1 is 0.912 bits per heavy atom. The molecule has 2 aromatic carbocycles. The maximum atomic E-state index is 15.0. The SMILES string of the molecule is CC[C@@H](C)[C@@H](N)C(=O)C(NC(=O)C(O)(CC(C)C)[C@@](O)(C(=O)[C@@H](N)Cc1cnc[nH]1)C(C(=O)COc1cccc2ccccc12)[C@@H](N)CC(C)C)c1ccccn1. The highest BCUT2D eigenvalue weighted by molar-refractivity contribution is 6.06. The molecule has 10 N–H and O–H groups in total. The lowest BCUT2D eigenvalue weighted by molar-refractivity contribution is -0.204. The van der Waals surface area contributed by atoms with Crippen LogP contribution in [-0.4, -0.2) is 84.4 Å². The Morgan fingerprint density at radius 2 is 1.60 bits per heavy atom. The molecule has 3 unspecified atom stereocenters. The standard InChI is InChI=1S/C43H59N7O7/c1-7-27(6)37(46)39(52)38(33-16-10-11-18-48-33)50-41(54)42(55,21-26(4)5)43(56,40(53)32(45)20-29-22-47-24-49-29)36(31(44)19-25(2)3)34(51)23-57-35-17-12-14-28-13-8-9-15-30(28)35/h8-18,22,24-27,31-32,36-38,55-56H,7,19-21,23,44-46H2,1-6H3,(H,47,49)(H,50,54)/t27-,31+,32+,36?,37-,38?,42?,43+/m1/s1. The van der Waals surface area contributed by atoms with E-state index in [0.29, 0.717) is 23.3 Å². The first-order valence-corrected chi connectivity index (χ1v) is 19.6.